The molecule has 3 aliphatic rings. The van der Waals surface area contributed by atoms with E-state index in [2.05, 4.69) is 21.1 Å². The Kier molecular flexibility index (Phi) is 9.66. The Bertz CT molecular complexity index is 1390. The molecule has 3 amide bonds. The van der Waals surface area contributed by atoms with E-state index in [0.717, 1.165) is 81.2 Å². The lowest BCUT2D eigenvalue weighted by molar-refractivity contribution is -0.119. The molecule has 0 saturated heterocycles. The third-order valence-corrected chi connectivity index (χ3v) is 11.8. The largest absolute Gasteiger partial charge is 0.313 e. The van der Waals surface area contributed by atoms with Gasteiger partial charge in [-0.3, -0.25) is 25.2 Å². The minimum Gasteiger partial charge on any atom is -0.313 e. The van der Waals surface area contributed by atoms with Crippen molar-refractivity contribution < 1.29 is 22.8 Å². The summed E-state index contributed by atoms with van der Waals surface area (Å²) < 4.78 is 29.9. The predicted molar refractivity (Wildman–Crippen MR) is 163 cm³/mol. The van der Waals surface area contributed by atoms with E-state index in [1.807, 2.05) is 11.4 Å². The van der Waals surface area contributed by atoms with Crippen LogP contribution in [0.2, 0.25) is 0 Å². The van der Waals surface area contributed by atoms with Crippen molar-refractivity contribution in [2.45, 2.75) is 101 Å². The van der Waals surface area contributed by atoms with Gasteiger partial charge in [-0.1, -0.05) is 38.5 Å². The number of sulfonamides is 1. The number of amides is 3. The smallest absolute Gasteiger partial charge is 0.272 e. The molecule has 1 aliphatic heterocycles. The number of carbonyl (C=O) groups excluding carboxylic acids is 3. The van der Waals surface area contributed by atoms with Gasteiger partial charge in [-0.05, 0) is 69.0 Å². The Balaban J connectivity index is 1.37. The molecule has 2 aromatic rings. The van der Waals surface area contributed by atoms with E-state index in [1.54, 1.807) is 12.1 Å². The maximum atomic E-state index is 14.0. The van der Waals surface area contributed by atoms with Gasteiger partial charge in [0.05, 0.1) is 10.5 Å². The lowest BCUT2D eigenvalue weighted by atomic mass is 9.91. The quantitative estimate of drug-likeness (QED) is 0.396. The van der Waals surface area contributed by atoms with Crippen LogP contribution < -0.4 is 16.2 Å². The van der Waals surface area contributed by atoms with Gasteiger partial charge >= 0.3 is 0 Å². The first-order valence-electron chi connectivity index (χ1n) is 15.0. The van der Waals surface area contributed by atoms with Gasteiger partial charge in [0.2, 0.25) is 15.9 Å². The Hall–Kier alpha value is -2.80. The standard InChI is InChI=1S/C30H41N5O5S2/c1-20(36)32-33-29(38)27-25-17-18-34(2)19-26(25)41-30(27)31-28(37)21-13-15-24(16-14-21)42(39,40)35(22-9-5-3-6-10-22)23-11-7-4-8-12-23/h13-16,22-23H,3-12,17-19H2,1-2H3,(H,31,37)(H,32,36)(H,33,38). The van der Waals surface area contributed by atoms with Crippen molar-refractivity contribution in [2.24, 2.45) is 0 Å². The van der Waals surface area contributed by atoms with Gasteiger partial charge in [0.15, 0.2) is 0 Å². The SMILES string of the molecule is CC(=O)NNC(=O)c1c(NC(=O)c2ccc(S(=O)(=O)N(C3CCCCC3)C3CCCCC3)cc2)sc2c1CCN(C)C2. The molecule has 2 saturated carbocycles. The molecule has 5 rings (SSSR count). The fraction of sp³-hybridized carbons (Fsp3) is 0.567. The average Bonchev–Trinajstić information content (AvgIpc) is 3.33. The number of nitrogens with zero attached hydrogens (tertiary/aromatic N) is 2. The first kappa shape index (κ1) is 30.7. The highest BCUT2D eigenvalue weighted by Crippen LogP contribution is 2.38. The van der Waals surface area contributed by atoms with Gasteiger partial charge in [-0.2, -0.15) is 4.31 Å². The molecule has 228 valence electrons. The zero-order valence-corrected chi connectivity index (χ0v) is 26.0. The lowest BCUT2D eigenvalue weighted by Gasteiger charge is -2.40. The maximum Gasteiger partial charge on any atom is 0.272 e. The average molecular weight is 616 g/mol. The number of hydrazine groups is 1. The molecule has 0 spiro atoms. The van der Waals surface area contributed by atoms with Crippen LogP contribution in [-0.4, -0.2) is 61.0 Å². The molecule has 2 fully saturated rings. The van der Waals surface area contributed by atoms with E-state index in [0.29, 0.717) is 29.1 Å². The molecule has 10 nitrogen and oxygen atoms in total. The van der Waals surface area contributed by atoms with Crippen molar-refractivity contribution in [3.05, 3.63) is 45.8 Å². The van der Waals surface area contributed by atoms with Crippen molar-refractivity contribution in [3.8, 4) is 0 Å². The number of hydrogen-bond donors (Lipinski definition) is 3. The van der Waals surface area contributed by atoms with Crippen molar-refractivity contribution in [2.75, 3.05) is 18.9 Å². The summed E-state index contributed by atoms with van der Waals surface area (Å²) in [5.41, 5.74) is 6.25. The number of hydrogen-bond acceptors (Lipinski definition) is 7. The summed E-state index contributed by atoms with van der Waals surface area (Å²) in [6, 6.07) is 6.20. The number of carbonyl (C=O) groups is 3. The molecule has 0 unspecified atom stereocenters. The molecule has 2 heterocycles. The number of fused-ring (bicyclic) bond motifs is 1. The number of anilines is 1. The third kappa shape index (κ3) is 6.72. The Morgan fingerprint density at radius 2 is 1.48 bits per heavy atom. The zero-order valence-electron chi connectivity index (χ0n) is 24.4. The van der Waals surface area contributed by atoms with Crippen LogP contribution in [0.5, 0.6) is 0 Å². The summed E-state index contributed by atoms with van der Waals surface area (Å²) in [6.07, 6.45) is 10.7. The number of rotatable bonds is 7. The van der Waals surface area contributed by atoms with Crippen LogP contribution in [0.15, 0.2) is 29.2 Å². The predicted octanol–water partition coefficient (Wildman–Crippen LogP) is 4.43. The molecular formula is C30H41N5O5S2. The minimum absolute atomic E-state index is 0.0285. The molecule has 2 aliphatic carbocycles. The number of likely N-dealkylation sites (N-methyl/N-ethyl adjacent to an activating group) is 1. The molecule has 42 heavy (non-hydrogen) atoms. The second-order valence-corrected chi connectivity index (χ2v) is 14.7. The maximum absolute atomic E-state index is 14.0. The molecule has 1 aromatic heterocycles. The second kappa shape index (κ2) is 13.2. The summed E-state index contributed by atoms with van der Waals surface area (Å²) in [6.45, 7) is 2.72. The summed E-state index contributed by atoms with van der Waals surface area (Å²) in [7, 11) is -1.73. The highest BCUT2D eigenvalue weighted by Gasteiger charge is 2.38. The van der Waals surface area contributed by atoms with Crippen LogP contribution in [0.3, 0.4) is 0 Å². The monoisotopic (exact) mass is 615 g/mol. The molecule has 3 N–H and O–H groups in total. The van der Waals surface area contributed by atoms with Crippen LogP contribution >= 0.6 is 11.3 Å². The Morgan fingerprint density at radius 3 is 2.05 bits per heavy atom. The topological polar surface area (TPSA) is 128 Å². The molecule has 0 bridgehead atoms. The normalized spacial score (nSPS) is 18.8. The van der Waals surface area contributed by atoms with Crippen LogP contribution in [0.1, 0.15) is 102 Å². The van der Waals surface area contributed by atoms with Gasteiger partial charge in [-0.15, -0.1) is 11.3 Å². The van der Waals surface area contributed by atoms with Crippen molar-refractivity contribution >= 4 is 44.1 Å². The van der Waals surface area contributed by atoms with E-state index >= 15 is 0 Å². The zero-order chi connectivity index (χ0) is 29.9. The fourth-order valence-corrected chi connectivity index (χ4v) is 9.75. The molecular weight excluding hydrogens is 574 g/mol. The van der Waals surface area contributed by atoms with E-state index in [1.165, 1.54) is 30.4 Å². The van der Waals surface area contributed by atoms with Crippen LogP contribution in [0.4, 0.5) is 5.00 Å². The van der Waals surface area contributed by atoms with Crippen LogP contribution in [0, 0.1) is 0 Å². The lowest BCUT2D eigenvalue weighted by Crippen LogP contribution is -2.48. The number of nitrogens with one attached hydrogen (secondary N) is 3. The molecule has 0 atom stereocenters. The molecule has 12 heteroatoms. The van der Waals surface area contributed by atoms with Gasteiger partial charge in [0.1, 0.15) is 5.00 Å². The fourth-order valence-electron chi connectivity index (χ4n) is 6.50. The minimum atomic E-state index is -3.73. The summed E-state index contributed by atoms with van der Waals surface area (Å²) >= 11 is 1.34. The molecule has 0 radical (unpaired) electrons. The van der Waals surface area contributed by atoms with Crippen molar-refractivity contribution in [3.63, 3.8) is 0 Å². The Labute approximate surface area is 252 Å². The Morgan fingerprint density at radius 1 is 0.881 bits per heavy atom. The van der Waals surface area contributed by atoms with E-state index in [9.17, 15) is 22.8 Å². The van der Waals surface area contributed by atoms with Gasteiger partial charge in [0.25, 0.3) is 11.8 Å². The summed E-state index contributed by atoms with van der Waals surface area (Å²) in [5.74, 6) is -1.33. The first-order valence-corrected chi connectivity index (χ1v) is 17.3. The van der Waals surface area contributed by atoms with Gasteiger partial charge in [0, 0.05) is 42.5 Å². The summed E-state index contributed by atoms with van der Waals surface area (Å²) in [4.78, 5) is 41.1. The van der Waals surface area contributed by atoms with Crippen LogP contribution in [0.25, 0.3) is 0 Å². The van der Waals surface area contributed by atoms with E-state index in [-0.39, 0.29) is 17.0 Å². The highest BCUT2D eigenvalue weighted by molar-refractivity contribution is 7.89. The first-order chi connectivity index (χ1) is 20.1. The molecule has 1 aromatic carbocycles. The van der Waals surface area contributed by atoms with Gasteiger partial charge < -0.3 is 10.2 Å². The highest BCUT2D eigenvalue weighted by atomic mass is 32.2. The van der Waals surface area contributed by atoms with Crippen LogP contribution in [-0.2, 0) is 27.8 Å². The van der Waals surface area contributed by atoms with E-state index < -0.39 is 27.7 Å². The number of thiophene rings is 1. The number of benzene rings is 1. The van der Waals surface area contributed by atoms with Crippen molar-refractivity contribution in [1.29, 1.82) is 0 Å². The second-order valence-electron chi connectivity index (χ2n) is 11.7. The third-order valence-electron chi connectivity index (χ3n) is 8.61. The summed E-state index contributed by atoms with van der Waals surface area (Å²) in [5, 5.41) is 3.28. The van der Waals surface area contributed by atoms with Crippen molar-refractivity contribution in [1.82, 2.24) is 20.1 Å². The van der Waals surface area contributed by atoms with Gasteiger partial charge in [-0.25, -0.2) is 8.42 Å². The van der Waals surface area contributed by atoms with E-state index in [4.69, 9.17) is 0 Å².